The van der Waals surface area contributed by atoms with E-state index in [1.807, 2.05) is 22.9 Å². The highest BCUT2D eigenvalue weighted by molar-refractivity contribution is 6.00. The van der Waals surface area contributed by atoms with Crippen molar-refractivity contribution in [2.75, 3.05) is 50.8 Å². The van der Waals surface area contributed by atoms with E-state index in [0.29, 0.717) is 24.6 Å². The van der Waals surface area contributed by atoms with Gasteiger partial charge in [-0.2, -0.15) is 9.49 Å². The Morgan fingerprint density at radius 3 is 2.53 bits per heavy atom. The second kappa shape index (κ2) is 16.9. The molecule has 1 saturated carbocycles. The van der Waals surface area contributed by atoms with Gasteiger partial charge in [-0.3, -0.25) is 38.4 Å². The third kappa shape index (κ3) is 8.07. The number of fused-ring (bicyclic) bond motifs is 2. The Morgan fingerprint density at radius 1 is 0.968 bits per heavy atom. The van der Waals surface area contributed by atoms with Gasteiger partial charge in [0, 0.05) is 63.5 Å². The van der Waals surface area contributed by atoms with Gasteiger partial charge >= 0.3 is 5.69 Å². The molecule has 14 nitrogen and oxygen atoms in total. The average molecular weight is 857 g/mol. The summed E-state index contributed by atoms with van der Waals surface area (Å²) in [5.74, 6) is -7.74. The molecular weight excluding hydrogens is 806 g/mol. The molecule has 0 unspecified atom stereocenters. The van der Waals surface area contributed by atoms with Crippen molar-refractivity contribution in [1.29, 1.82) is 0 Å². The van der Waals surface area contributed by atoms with Gasteiger partial charge in [0.2, 0.25) is 17.6 Å². The molecule has 62 heavy (non-hydrogen) atoms. The smallest absolute Gasteiger partial charge is 0.329 e. The van der Waals surface area contributed by atoms with Crippen LogP contribution in [-0.4, -0.2) is 98.1 Å². The molecule has 1 atom stereocenters. The fourth-order valence-electron chi connectivity index (χ4n) is 9.99. The topological polar surface area (TPSA) is 156 Å². The predicted molar refractivity (Wildman–Crippen MR) is 225 cm³/mol. The minimum atomic E-state index is -1.78. The van der Waals surface area contributed by atoms with Crippen LogP contribution in [0.3, 0.4) is 0 Å². The SMILES string of the molecule is Cn1c(=O)n([C@@H]2CCC(=O)NC2=O)c2ccc(CCCN3CCOC4(CCN(c5ccc6cn(C7CCC(CNC(=O)c8cc(F)c(O)c(F)c8F)CC7)nc6c5)CC4)C3)cc21. The molecule has 5 aromatic rings. The summed E-state index contributed by atoms with van der Waals surface area (Å²) in [5.41, 5.74) is 3.44. The number of aromatic nitrogens is 4. The lowest BCUT2D eigenvalue weighted by Crippen LogP contribution is -2.57. The van der Waals surface area contributed by atoms with Gasteiger partial charge in [-0.05, 0) is 112 Å². The molecular formula is C45H51F3N8O6. The quantitative estimate of drug-likeness (QED) is 0.126. The highest BCUT2D eigenvalue weighted by Crippen LogP contribution is 2.36. The fraction of sp³-hybridized carbons (Fsp3) is 0.489. The molecule has 328 valence electrons. The second-order valence-electron chi connectivity index (χ2n) is 17.5. The Kier molecular flexibility index (Phi) is 11.3. The molecule has 9 rings (SSSR count). The number of nitrogens with one attached hydrogen (secondary N) is 2. The zero-order valence-corrected chi connectivity index (χ0v) is 34.7. The van der Waals surface area contributed by atoms with E-state index in [9.17, 15) is 37.5 Å². The number of amides is 3. The van der Waals surface area contributed by atoms with E-state index < -0.39 is 46.6 Å². The number of morpholine rings is 1. The summed E-state index contributed by atoms with van der Waals surface area (Å²) < 4.78 is 53.3. The van der Waals surface area contributed by atoms with E-state index in [1.54, 1.807) is 11.6 Å². The normalized spacial score (nSPS) is 22.1. The molecule has 3 N–H and O–H groups in total. The van der Waals surface area contributed by atoms with Crippen LogP contribution in [0.15, 0.2) is 53.5 Å². The number of hydrogen-bond acceptors (Lipinski definition) is 9. The van der Waals surface area contributed by atoms with Crippen LogP contribution in [-0.2, 0) is 27.8 Å². The van der Waals surface area contributed by atoms with E-state index in [1.165, 1.54) is 4.57 Å². The molecule has 17 heteroatoms. The number of hydrogen-bond donors (Lipinski definition) is 3. The number of anilines is 1. The Bertz CT molecular complexity index is 2610. The maximum absolute atomic E-state index is 14.2. The van der Waals surface area contributed by atoms with Crippen LogP contribution in [0, 0.1) is 23.4 Å². The van der Waals surface area contributed by atoms with E-state index in [2.05, 4.69) is 44.8 Å². The van der Waals surface area contributed by atoms with Crippen LogP contribution < -0.4 is 21.2 Å². The van der Waals surface area contributed by atoms with Crippen LogP contribution >= 0.6 is 0 Å². The molecule has 0 radical (unpaired) electrons. The Morgan fingerprint density at radius 2 is 1.76 bits per heavy atom. The number of piperidine rings is 2. The second-order valence-corrected chi connectivity index (χ2v) is 17.5. The lowest BCUT2D eigenvalue weighted by molar-refractivity contribution is -0.135. The van der Waals surface area contributed by atoms with Gasteiger partial charge < -0.3 is 20.1 Å². The molecule has 4 aliphatic rings. The van der Waals surface area contributed by atoms with Crippen LogP contribution in [0.1, 0.15) is 85.8 Å². The number of phenolic OH excluding ortho intramolecular Hbond substituents is 1. The van der Waals surface area contributed by atoms with Crippen LogP contribution in [0.2, 0.25) is 0 Å². The van der Waals surface area contributed by atoms with Crippen molar-refractivity contribution in [1.82, 2.24) is 34.4 Å². The summed E-state index contributed by atoms with van der Waals surface area (Å²) in [6, 6.07) is 12.4. The van der Waals surface area contributed by atoms with Gasteiger partial charge in [-0.25, -0.2) is 13.6 Å². The zero-order valence-electron chi connectivity index (χ0n) is 34.7. The minimum absolute atomic E-state index is 0.124. The fourth-order valence-corrected chi connectivity index (χ4v) is 9.99. The molecule has 3 aliphatic heterocycles. The Balaban J connectivity index is 0.747. The first-order valence-electron chi connectivity index (χ1n) is 21.6. The first kappa shape index (κ1) is 41.7. The summed E-state index contributed by atoms with van der Waals surface area (Å²) >= 11 is 0. The maximum Gasteiger partial charge on any atom is 0.329 e. The van der Waals surface area contributed by atoms with Gasteiger partial charge in [0.05, 0.1) is 40.4 Å². The highest BCUT2D eigenvalue weighted by Gasteiger charge is 2.40. The van der Waals surface area contributed by atoms with Gasteiger partial charge in [0.25, 0.3) is 5.91 Å². The number of imide groups is 1. The lowest BCUT2D eigenvalue weighted by Gasteiger charge is -2.48. The summed E-state index contributed by atoms with van der Waals surface area (Å²) in [6.45, 7) is 5.41. The van der Waals surface area contributed by atoms with Crippen molar-refractivity contribution in [3.63, 3.8) is 0 Å². The molecule has 4 fully saturated rings. The standard InChI is InChI=1S/C45H51F3N8O6/c1-52-37-21-27(6-11-35(37)56(44(52)61)36-12-13-38(57)50-43(36)60)3-2-16-53-19-20-62-45(26-53)14-17-54(18-15-45)31-10-7-29-25-55(51-34(29)22-31)30-8-4-28(5-9-30)24-49-42(59)32-23-33(46)41(58)40(48)39(32)47/h6-7,10-11,21-23,25,28,30,36,58H,2-5,8-9,12-20,24,26H2,1H3,(H,49,59)(H,50,57,60)/t28?,30?,36-/m1/s1. The third-order valence-corrected chi connectivity index (χ3v) is 13.6. The number of carbonyl (C=O) groups excluding carboxylic acids is 3. The molecule has 1 aliphatic carbocycles. The first-order chi connectivity index (χ1) is 29.9. The number of imidazole rings is 1. The molecule has 3 saturated heterocycles. The van der Waals surface area contributed by atoms with Crippen molar-refractivity contribution in [3.05, 3.63) is 87.7 Å². The van der Waals surface area contributed by atoms with E-state index in [0.717, 1.165) is 112 Å². The minimum Gasteiger partial charge on any atom is -0.503 e. The van der Waals surface area contributed by atoms with E-state index >= 15 is 0 Å². The van der Waals surface area contributed by atoms with Gasteiger partial charge in [-0.1, -0.05) is 6.07 Å². The number of ether oxygens (including phenoxy) is 1. The van der Waals surface area contributed by atoms with Crippen molar-refractivity contribution in [2.24, 2.45) is 13.0 Å². The van der Waals surface area contributed by atoms with Crippen LogP contribution in [0.5, 0.6) is 5.75 Å². The summed E-state index contributed by atoms with van der Waals surface area (Å²) in [6.07, 6.45) is 9.52. The van der Waals surface area contributed by atoms with Gasteiger partial charge in [0.15, 0.2) is 17.4 Å². The number of rotatable bonds is 10. The maximum atomic E-state index is 14.2. The van der Waals surface area contributed by atoms with Crippen LogP contribution in [0.4, 0.5) is 18.9 Å². The molecule has 3 aromatic carbocycles. The predicted octanol–water partition coefficient (Wildman–Crippen LogP) is 5.26. The summed E-state index contributed by atoms with van der Waals surface area (Å²) in [5, 5.41) is 20.3. The third-order valence-electron chi connectivity index (χ3n) is 13.6. The van der Waals surface area contributed by atoms with E-state index in [-0.39, 0.29) is 42.1 Å². The number of aromatic hydroxyl groups is 1. The number of aryl methyl sites for hydroxylation is 2. The number of halogens is 3. The number of benzene rings is 3. The van der Waals surface area contributed by atoms with Crippen LogP contribution in [0.25, 0.3) is 21.9 Å². The molecule has 1 spiro atoms. The number of phenols is 1. The monoisotopic (exact) mass is 856 g/mol. The zero-order chi connectivity index (χ0) is 43.3. The Labute approximate surface area is 355 Å². The molecule has 2 aromatic heterocycles. The van der Waals surface area contributed by atoms with Crippen molar-refractivity contribution < 1.29 is 37.4 Å². The Hall–Kier alpha value is -5.68. The van der Waals surface area contributed by atoms with Gasteiger partial charge in [-0.15, -0.1) is 0 Å². The van der Waals surface area contributed by atoms with E-state index in [4.69, 9.17) is 9.84 Å². The highest BCUT2D eigenvalue weighted by atomic mass is 19.2. The molecule has 3 amide bonds. The van der Waals surface area contributed by atoms with Gasteiger partial charge in [0.1, 0.15) is 6.04 Å². The number of nitrogens with zero attached hydrogens (tertiary/aromatic N) is 6. The average Bonchev–Trinajstić information content (AvgIpc) is 3.81. The van der Waals surface area contributed by atoms with Crippen molar-refractivity contribution >= 4 is 45.3 Å². The molecule has 0 bridgehead atoms. The lowest BCUT2D eigenvalue weighted by atomic mass is 9.86. The molecule has 5 heterocycles. The van der Waals surface area contributed by atoms with Crippen molar-refractivity contribution in [3.8, 4) is 5.75 Å². The first-order valence-corrected chi connectivity index (χ1v) is 21.6. The number of carbonyl (C=O) groups is 3. The summed E-state index contributed by atoms with van der Waals surface area (Å²) in [4.78, 5) is 54.9. The van der Waals surface area contributed by atoms with Crippen molar-refractivity contribution in [2.45, 2.75) is 81.9 Å². The largest absolute Gasteiger partial charge is 0.503 e. The summed E-state index contributed by atoms with van der Waals surface area (Å²) in [7, 11) is 1.72.